The summed E-state index contributed by atoms with van der Waals surface area (Å²) in [4.78, 5) is 13.0. The van der Waals surface area contributed by atoms with Crippen LogP contribution in [0.2, 0.25) is 0 Å². The zero-order valence-electron chi connectivity index (χ0n) is 17.1. The molecule has 0 spiro atoms. The minimum absolute atomic E-state index is 0.160. The number of hydrogen-bond donors (Lipinski definition) is 3. The van der Waals surface area contributed by atoms with E-state index >= 15 is 0 Å². The molecule has 2 heterocycles. The fourth-order valence-corrected chi connectivity index (χ4v) is 3.52. The number of nitrogens with zero attached hydrogens (tertiary/aromatic N) is 1. The van der Waals surface area contributed by atoms with Crippen LogP contribution in [0.1, 0.15) is 61.0 Å². The molecule has 1 unspecified atom stereocenters. The summed E-state index contributed by atoms with van der Waals surface area (Å²) in [6, 6.07) is 5.69. The van der Waals surface area contributed by atoms with Gasteiger partial charge in [0.15, 0.2) is 17.2 Å². The lowest BCUT2D eigenvalue weighted by Gasteiger charge is -2.24. The monoisotopic (exact) mass is 386 g/mol. The summed E-state index contributed by atoms with van der Waals surface area (Å²) in [7, 11) is 0. The highest BCUT2D eigenvalue weighted by molar-refractivity contribution is 5.94. The van der Waals surface area contributed by atoms with Gasteiger partial charge in [0.1, 0.15) is 0 Å². The maximum absolute atomic E-state index is 13.0. The lowest BCUT2D eigenvalue weighted by Crippen LogP contribution is -2.33. The van der Waals surface area contributed by atoms with Crippen molar-refractivity contribution < 1.29 is 14.3 Å². The molecular weight excluding hydrogens is 356 g/mol. The Balaban J connectivity index is 1.84. The number of H-pyrrole nitrogens is 1. The van der Waals surface area contributed by atoms with Crippen LogP contribution in [0.3, 0.4) is 0 Å². The third-order valence-corrected chi connectivity index (χ3v) is 4.90. The number of fused-ring (bicyclic) bond motifs is 1. The maximum atomic E-state index is 13.0. The molecule has 0 saturated carbocycles. The number of benzene rings is 1. The number of carbonyl (C=O) groups is 1. The Morgan fingerprint density at radius 3 is 2.68 bits per heavy atom. The summed E-state index contributed by atoms with van der Waals surface area (Å²) >= 11 is 0. The van der Waals surface area contributed by atoms with E-state index in [0.717, 1.165) is 35.5 Å². The third-order valence-electron chi connectivity index (χ3n) is 4.90. The van der Waals surface area contributed by atoms with Gasteiger partial charge in [-0.2, -0.15) is 5.10 Å². The summed E-state index contributed by atoms with van der Waals surface area (Å²) in [5.74, 6) is 1.45. The second-order valence-electron chi connectivity index (χ2n) is 7.22. The topological polar surface area (TPSA) is 88.3 Å². The van der Waals surface area contributed by atoms with Gasteiger partial charge in [0.25, 0.3) is 5.91 Å². The van der Waals surface area contributed by atoms with Crippen LogP contribution in [0, 0.1) is 5.92 Å². The van der Waals surface area contributed by atoms with Gasteiger partial charge < -0.3 is 20.1 Å². The summed E-state index contributed by atoms with van der Waals surface area (Å²) in [5, 5.41) is 13.7. The molecule has 28 heavy (non-hydrogen) atoms. The van der Waals surface area contributed by atoms with E-state index in [1.54, 1.807) is 0 Å². The van der Waals surface area contributed by atoms with Gasteiger partial charge in [0.2, 0.25) is 0 Å². The van der Waals surface area contributed by atoms with Crippen molar-refractivity contribution in [1.29, 1.82) is 0 Å². The number of aromatic nitrogens is 2. The molecule has 1 atom stereocenters. The number of ether oxygens (including phenoxy) is 2. The van der Waals surface area contributed by atoms with E-state index < -0.39 is 0 Å². The van der Waals surface area contributed by atoms with Crippen LogP contribution in [0.15, 0.2) is 18.2 Å². The molecule has 3 rings (SSSR count). The van der Waals surface area contributed by atoms with Gasteiger partial charge in [0.05, 0.1) is 19.3 Å². The maximum Gasteiger partial charge on any atom is 0.272 e. The first-order valence-corrected chi connectivity index (χ1v) is 10.0. The largest absolute Gasteiger partial charge is 0.490 e. The molecule has 0 aliphatic carbocycles. The molecule has 7 heteroatoms. The zero-order valence-corrected chi connectivity index (χ0v) is 17.1. The molecule has 0 fully saturated rings. The smallest absolute Gasteiger partial charge is 0.272 e. The molecule has 7 nitrogen and oxygen atoms in total. The molecule has 1 amide bonds. The minimum atomic E-state index is -0.161. The number of carbonyl (C=O) groups excluding carboxylic acids is 1. The van der Waals surface area contributed by atoms with Gasteiger partial charge in [-0.1, -0.05) is 19.9 Å². The van der Waals surface area contributed by atoms with Crippen molar-refractivity contribution in [3.05, 3.63) is 40.7 Å². The fraction of sp³-hybridized carbons (Fsp3) is 0.524. The SMILES string of the molecule is CCOc1ccc(C(NC(=O)c2n[nH]c3c2CNCC3)C(C)C)cc1OCC. The van der Waals surface area contributed by atoms with Crippen molar-refractivity contribution in [3.63, 3.8) is 0 Å². The van der Waals surface area contributed by atoms with Gasteiger partial charge in [0, 0.05) is 30.8 Å². The molecular formula is C21H30N4O3. The summed E-state index contributed by atoms with van der Waals surface area (Å²) in [6.07, 6.45) is 0.861. The number of aromatic amines is 1. The molecule has 1 aliphatic rings. The van der Waals surface area contributed by atoms with Crippen LogP contribution in [0.25, 0.3) is 0 Å². The Hall–Kier alpha value is -2.54. The van der Waals surface area contributed by atoms with Crippen molar-refractivity contribution in [2.45, 2.75) is 46.7 Å². The van der Waals surface area contributed by atoms with Gasteiger partial charge in [-0.3, -0.25) is 9.89 Å². The molecule has 1 aromatic carbocycles. The lowest BCUT2D eigenvalue weighted by atomic mass is 9.95. The van der Waals surface area contributed by atoms with Gasteiger partial charge >= 0.3 is 0 Å². The number of rotatable bonds is 8. The highest BCUT2D eigenvalue weighted by Gasteiger charge is 2.26. The van der Waals surface area contributed by atoms with E-state index in [4.69, 9.17) is 9.47 Å². The number of nitrogens with one attached hydrogen (secondary N) is 3. The molecule has 2 aromatic rings. The van der Waals surface area contributed by atoms with Crippen LogP contribution in [0.4, 0.5) is 0 Å². The minimum Gasteiger partial charge on any atom is -0.490 e. The van der Waals surface area contributed by atoms with Crippen LogP contribution in [-0.4, -0.2) is 35.9 Å². The molecule has 3 N–H and O–H groups in total. The van der Waals surface area contributed by atoms with Gasteiger partial charge in [-0.25, -0.2) is 0 Å². The predicted octanol–water partition coefficient (Wildman–Crippen LogP) is 2.98. The highest BCUT2D eigenvalue weighted by atomic mass is 16.5. The average Bonchev–Trinajstić information content (AvgIpc) is 3.12. The van der Waals surface area contributed by atoms with Crippen molar-refractivity contribution in [2.75, 3.05) is 19.8 Å². The molecule has 1 aromatic heterocycles. The Labute approximate surface area is 166 Å². The van der Waals surface area contributed by atoms with Crippen LogP contribution in [0.5, 0.6) is 11.5 Å². The van der Waals surface area contributed by atoms with Crippen LogP contribution >= 0.6 is 0 Å². The molecule has 1 aliphatic heterocycles. The quantitative estimate of drug-likeness (QED) is 0.649. The second-order valence-corrected chi connectivity index (χ2v) is 7.22. The molecule has 0 bridgehead atoms. The second kappa shape index (κ2) is 9.10. The van der Waals surface area contributed by atoms with Gasteiger partial charge in [-0.05, 0) is 37.5 Å². The van der Waals surface area contributed by atoms with E-state index in [2.05, 4.69) is 34.7 Å². The van der Waals surface area contributed by atoms with E-state index in [9.17, 15) is 4.79 Å². The van der Waals surface area contributed by atoms with Crippen molar-refractivity contribution >= 4 is 5.91 Å². The Kier molecular flexibility index (Phi) is 6.57. The first-order chi connectivity index (χ1) is 13.5. The van der Waals surface area contributed by atoms with Crippen molar-refractivity contribution in [2.24, 2.45) is 5.92 Å². The Morgan fingerprint density at radius 1 is 1.21 bits per heavy atom. The van der Waals surface area contributed by atoms with E-state index in [1.807, 2.05) is 32.0 Å². The van der Waals surface area contributed by atoms with Crippen molar-refractivity contribution in [3.8, 4) is 11.5 Å². The molecule has 152 valence electrons. The first kappa shape index (κ1) is 20.2. The van der Waals surface area contributed by atoms with Crippen LogP contribution < -0.4 is 20.1 Å². The number of hydrogen-bond acceptors (Lipinski definition) is 5. The lowest BCUT2D eigenvalue weighted by molar-refractivity contribution is 0.0919. The van der Waals surface area contributed by atoms with Crippen LogP contribution in [-0.2, 0) is 13.0 Å². The molecule has 0 saturated heterocycles. The van der Waals surface area contributed by atoms with E-state index in [-0.39, 0.29) is 17.9 Å². The highest BCUT2D eigenvalue weighted by Crippen LogP contribution is 2.33. The summed E-state index contributed by atoms with van der Waals surface area (Å²) in [5.41, 5.74) is 3.47. The summed E-state index contributed by atoms with van der Waals surface area (Å²) in [6.45, 7) is 10.7. The van der Waals surface area contributed by atoms with E-state index in [0.29, 0.717) is 31.2 Å². The standard InChI is InChI=1S/C21H30N4O3/c1-5-27-17-8-7-14(11-18(17)28-6-2)19(13(3)4)23-21(26)20-15-12-22-10-9-16(15)24-25-20/h7-8,11,13,19,22H,5-6,9-10,12H2,1-4H3,(H,23,26)(H,24,25). The Morgan fingerprint density at radius 2 is 1.96 bits per heavy atom. The summed E-state index contributed by atoms with van der Waals surface area (Å²) < 4.78 is 11.4. The third kappa shape index (κ3) is 4.30. The first-order valence-electron chi connectivity index (χ1n) is 10.0. The Bertz CT molecular complexity index is 816. The predicted molar refractivity (Wildman–Crippen MR) is 108 cm³/mol. The van der Waals surface area contributed by atoms with E-state index in [1.165, 1.54) is 0 Å². The average molecular weight is 386 g/mol. The number of amides is 1. The van der Waals surface area contributed by atoms with Crippen molar-refractivity contribution in [1.82, 2.24) is 20.8 Å². The normalized spacial score (nSPS) is 14.5. The molecule has 0 radical (unpaired) electrons. The van der Waals surface area contributed by atoms with Gasteiger partial charge in [-0.15, -0.1) is 0 Å². The fourth-order valence-electron chi connectivity index (χ4n) is 3.52. The zero-order chi connectivity index (χ0) is 20.1.